The second-order valence-electron chi connectivity index (χ2n) is 11.2. The second-order valence-corrected chi connectivity index (χ2v) is 11.2. The zero-order valence-corrected chi connectivity index (χ0v) is 24.2. The Hall–Kier alpha value is -6.13. The molecule has 0 spiro atoms. The molecule has 0 atom stereocenters. The lowest BCUT2D eigenvalue weighted by molar-refractivity contribution is 0.620. The molecule has 0 aliphatic rings. The molecular formula is C41H26N2O2. The van der Waals surface area contributed by atoms with E-state index < -0.39 is 0 Å². The Morgan fingerprint density at radius 1 is 0.444 bits per heavy atom. The number of aromatic nitrogens is 1. The van der Waals surface area contributed by atoms with Gasteiger partial charge in [0.05, 0.1) is 0 Å². The zero-order chi connectivity index (χ0) is 29.7. The van der Waals surface area contributed by atoms with Gasteiger partial charge >= 0.3 is 0 Å². The summed E-state index contributed by atoms with van der Waals surface area (Å²) in [7, 11) is 0. The maximum Gasteiger partial charge on any atom is 0.228 e. The van der Waals surface area contributed by atoms with Crippen molar-refractivity contribution < 1.29 is 8.83 Å². The van der Waals surface area contributed by atoms with Gasteiger partial charge in [0.2, 0.25) is 5.89 Å². The third-order valence-corrected chi connectivity index (χ3v) is 8.47. The molecule has 45 heavy (non-hydrogen) atoms. The SMILES string of the molecule is c1ccc(-c2cccc(N(c3ccc4ccccc4c3)c3ccc4c(c3)oc3cccc(-c5nc6ccccc6o5)c34)c2)cc1. The minimum absolute atomic E-state index is 0.587. The van der Waals surface area contributed by atoms with Crippen LogP contribution in [0.15, 0.2) is 167 Å². The van der Waals surface area contributed by atoms with E-state index in [1.807, 2.05) is 48.5 Å². The average Bonchev–Trinajstić information content (AvgIpc) is 3.70. The topological polar surface area (TPSA) is 42.4 Å². The fraction of sp³-hybridized carbons (Fsp3) is 0. The molecule has 4 nitrogen and oxygen atoms in total. The highest BCUT2D eigenvalue weighted by molar-refractivity contribution is 6.12. The highest BCUT2D eigenvalue weighted by Gasteiger charge is 2.20. The molecule has 7 aromatic carbocycles. The molecule has 0 amide bonds. The first-order valence-corrected chi connectivity index (χ1v) is 15.0. The van der Waals surface area contributed by atoms with Crippen LogP contribution in [0, 0.1) is 0 Å². The van der Waals surface area contributed by atoms with Crippen LogP contribution in [0.4, 0.5) is 17.1 Å². The van der Waals surface area contributed by atoms with Crippen LogP contribution < -0.4 is 4.90 Å². The monoisotopic (exact) mass is 578 g/mol. The summed E-state index contributed by atoms with van der Waals surface area (Å²) >= 11 is 0. The van der Waals surface area contributed by atoms with Crippen molar-refractivity contribution in [2.24, 2.45) is 0 Å². The van der Waals surface area contributed by atoms with E-state index in [1.54, 1.807) is 0 Å². The summed E-state index contributed by atoms with van der Waals surface area (Å²) in [6.07, 6.45) is 0. The van der Waals surface area contributed by atoms with Gasteiger partial charge in [0.1, 0.15) is 16.7 Å². The number of anilines is 3. The lowest BCUT2D eigenvalue weighted by Gasteiger charge is -2.26. The summed E-state index contributed by atoms with van der Waals surface area (Å²) in [6, 6.07) is 54.6. The Bertz CT molecular complexity index is 2480. The number of benzene rings is 7. The second kappa shape index (κ2) is 10.2. The van der Waals surface area contributed by atoms with Gasteiger partial charge in [0, 0.05) is 39.5 Å². The highest BCUT2D eigenvalue weighted by Crippen LogP contribution is 2.42. The van der Waals surface area contributed by atoms with Crippen molar-refractivity contribution in [3.8, 4) is 22.6 Å². The van der Waals surface area contributed by atoms with Gasteiger partial charge in [-0.25, -0.2) is 4.98 Å². The van der Waals surface area contributed by atoms with Crippen LogP contribution in [0.5, 0.6) is 0 Å². The molecule has 0 aliphatic heterocycles. The predicted molar refractivity (Wildman–Crippen MR) is 184 cm³/mol. The van der Waals surface area contributed by atoms with Crippen molar-refractivity contribution in [1.82, 2.24) is 4.98 Å². The molecule has 0 saturated carbocycles. The highest BCUT2D eigenvalue weighted by atomic mass is 16.3. The number of oxazole rings is 1. The summed E-state index contributed by atoms with van der Waals surface area (Å²) in [5.74, 6) is 0.587. The van der Waals surface area contributed by atoms with Gasteiger partial charge in [-0.05, 0) is 82.6 Å². The third-order valence-electron chi connectivity index (χ3n) is 8.47. The number of nitrogens with zero attached hydrogens (tertiary/aromatic N) is 2. The van der Waals surface area contributed by atoms with Crippen molar-refractivity contribution in [3.05, 3.63) is 158 Å². The minimum Gasteiger partial charge on any atom is -0.456 e. The summed E-state index contributed by atoms with van der Waals surface area (Å²) in [4.78, 5) is 7.08. The van der Waals surface area contributed by atoms with Gasteiger partial charge in [-0.2, -0.15) is 0 Å². The van der Waals surface area contributed by atoms with E-state index >= 15 is 0 Å². The number of para-hydroxylation sites is 2. The quantitative estimate of drug-likeness (QED) is 0.204. The van der Waals surface area contributed by atoms with E-state index in [4.69, 9.17) is 13.8 Å². The molecule has 0 bridgehead atoms. The van der Waals surface area contributed by atoms with Crippen LogP contribution in [0.1, 0.15) is 0 Å². The molecule has 2 aromatic heterocycles. The first kappa shape index (κ1) is 25.4. The van der Waals surface area contributed by atoms with E-state index in [0.717, 1.165) is 61.2 Å². The molecule has 2 heterocycles. The molecule has 0 unspecified atom stereocenters. The molecule has 0 saturated heterocycles. The maximum absolute atomic E-state index is 6.52. The molecule has 0 fully saturated rings. The fourth-order valence-electron chi connectivity index (χ4n) is 6.34. The smallest absolute Gasteiger partial charge is 0.228 e. The summed E-state index contributed by atoms with van der Waals surface area (Å²) in [6.45, 7) is 0. The first-order chi connectivity index (χ1) is 22.3. The predicted octanol–water partition coefficient (Wildman–Crippen LogP) is 11.7. The lowest BCUT2D eigenvalue weighted by atomic mass is 10.0. The molecule has 0 aliphatic carbocycles. The van der Waals surface area contributed by atoms with Crippen LogP contribution in [0.25, 0.3) is 66.4 Å². The summed E-state index contributed by atoms with van der Waals surface area (Å²) < 4.78 is 12.7. The number of hydrogen-bond acceptors (Lipinski definition) is 4. The molecular weight excluding hydrogens is 552 g/mol. The average molecular weight is 579 g/mol. The molecule has 9 aromatic rings. The van der Waals surface area contributed by atoms with E-state index in [9.17, 15) is 0 Å². The van der Waals surface area contributed by atoms with Gasteiger partial charge in [-0.3, -0.25) is 0 Å². The molecule has 9 rings (SSSR count). The van der Waals surface area contributed by atoms with Crippen LogP contribution in [0.3, 0.4) is 0 Å². The van der Waals surface area contributed by atoms with Crippen molar-refractivity contribution in [2.45, 2.75) is 0 Å². The molecule has 212 valence electrons. The van der Waals surface area contributed by atoms with Gasteiger partial charge in [0.15, 0.2) is 5.58 Å². The van der Waals surface area contributed by atoms with Crippen LogP contribution in [0.2, 0.25) is 0 Å². The van der Waals surface area contributed by atoms with Crippen molar-refractivity contribution in [2.75, 3.05) is 4.90 Å². The standard InChI is InChI=1S/C41H26N2O2/c1-2-10-27(11-3-1)30-14-8-15-31(24-30)43(32-21-20-28-12-4-5-13-29(28)25-32)33-22-23-34-39(26-33)44-38-19-9-16-35(40(34)38)41-42-36-17-6-7-18-37(36)45-41/h1-26H. The van der Waals surface area contributed by atoms with Gasteiger partial charge in [0.25, 0.3) is 0 Å². The molecule has 4 heteroatoms. The van der Waals surface area contributed by atoms with Crippen molar-refractivity contribution in [1.29, 1.82) is 0 Å². The number of rotatable bonds is 5. The Morgan fingerprint density at radius 3 is 2.07 bits per heavy atom. The number of hydrogen-bond donors (Lipinski definition) is 0. The number of furan rings is 1. The Kier molecular flexibility index (Phi) is 5.78. The van der Waals surface area contributed by atoms with Crippen LogP contribution >= 0.6 is 0 Å². The maximum atomic E-state index is 6.52. The van der Waals surface area contributed by atoms with E-state index in [1.165, 1.54) is 16.3 Å². The zero-order valence-electron chi connectivity index (χ0n) is 24.2. The van der Waals surface area contributed by atoms with Crippen molar-refractivity contribution in [3.63, 3.8) is 0 Å². The summed E-state index contributed by atoms with van der Waals surface area (Å²) in [5.41, 5.74) is 9.59. The van der Waals surface area contributed by atoms with Gasteiger partial charge in [-0.15, -0.1) is 0 Å². The Balaban J connectivity index is 1.23. The van der Waals surface area contributed by atoms with E-state index in [-0.39, 0.29) is 0 Å². The van der Waals surface area contributed by atoms with E-state index in [0.29, 0.717) is 5.89 Å². The Morgan fingerprint density at radius 2 is 1.16 bits per heavy atom. The van der Waals surface area contributed by atoms with E-state index in [2.05, 4.69) is 114 Å². The minimum atomic E-state index is 0.587. The Labute approximate surface area is 259 Å². The largest absolute Gasteiger partial charge is 0.456 e. The molecule has 0 N–H and O–H groups in total. The third kappa shape index (κ3) is 4.35. The van der Waals surface area contributed by atoms with Gasteiger partial charge < -0.3 is 13.7 Å². The van der Waals surface area contributed by atoms with Crippen molar-refractivity contribution >= 4 is 60.9 Å². The van der Waals surface area contributed by atoms with Crippen LogP contribution in [-0.2, 0) is 0 Å². The molecule has 0 radical (unpaired) electrons. The normalized spacial score (nSPS) is 11.6. The van der Waals surface area contributed by atoms with Gasteiger partial charge in [-0.1, -0.05) is 91.0 Å². The first-order valence-electron chi connectivity index (χ1n) is 15.0. The lowest BCUT2D eigenvalue weighted by Crippen LogP contribution is -2.10. The summed E-state index contributed by atoms with van der Waals surface area (Å²) in [5, 5.41) is 4.41. The van der Waals surface area contributed by atoms with Crippen LogP contribution in [-0.4, -0.2) is 4.98 Å². The fourth-order valence-corrected chi connectivity index (χ4v) is 6.34. The number of fused-ring (bicyclic) bond motifs is 5.